The Morgan fingerprint density at radius 3 is 2.26 bits per heavy atom. The van der Waals surface area contributed by atoms with Crippen LogP contribution in [0.5, 0.6) is 0 Å². The van der Waals surface area contributed by atoms with Gasteiger partial charge in [0.05, 0.1) is 12.0 Å². The average molecular weight is 473 g/mol. The fourth-order valence-electron chi connectivity index (χ4n) is 3.28. The van der Waals surface area contributed by atoms with E-state index in [0.29, 0.717) is 34.9 Å². The minimum absolute atomic E-state index is 0.0210. The lowest BCUT2D eigenvalue weighted by Crippen LogP contribution is -2.11. The van der Waals surface area contributed by atoms with Crippen molar-refractivity contribution in [3.8, 4) is 34.4 Å². The van der Waals surface area contributed by atoms with Gasteiger partial charge in [0.15, 0.2) is 11.7 Å². The van der Waals surface area contributed by atoms with Gasteiger partial charge < -0.3 is 9.15 Å². The summed E-state index contributed by atoms with van der Waals surface area (Å²) in [5.41, 5.74) is 3.83. The SMILES string of the molecule is COC(=O)C#Cc1ccc(Cc2nc(-c3ccccc3)c(-c3ccc(S(N)(=O)=O)cc3)o2)cc1. The van der Waals surface area contributed by atoms with Gasteiger partial charge in [-0.15, -0.1) is 0 Å². The van der Waals surface area contributed by atoms with Crippen LogP contribution in [0.15, 0.2) is 88.2 Å². The second kappa shape index (κ2) is 9.75. The number of oxazole rings is 1. The van der Waals surface area contributed by atoms with Crippen molar-refractivity contribution >= 4 is 16.0 Å². The van der Waals surface area contributed by atoms with E-state index in [-0.39, 0.29) is 4.90 Å². The van der Waals surface area contributed by atoms with Crippen LogP contribution in [-0.4, -0.2) is 26.5 Å². The standard InChI is InChI=1S/C26H20N2O5S/c1-32-24(29)16-11-18-7-9-19(10-8-18)17-23-28-25(20-5-3-2-4-6-20)26(33-23)21-12-14-22(15-13-21)34(27,30)31/h2-10,12-15H,17H2,1H3,(H2,27,30,31). The minimum atomic E-state index is -3.80. The molecule has 0 spiro atoms. The topological polar surface area (TPSA) is 112 Å². The number of carbonyl (C=O) groups is 1. The molecule has 1 heterocycles. The molecular weight excluding hydrogens is 452 g/mol. The average Bonchev–Trinajstić information content (AvgIpc) is 3.27. The van der Waals surface area contributed by atoms with E-state index in [4.69, 9.17) is 14.5 Å². The molecule has 0 bridgehead atoms. The summed E-state index contributed by atoms with van der Waals surface area (Å²) in [6.45, 7) is 0. The summed E-state index contributed by atoms with van der Waals surface area (Å²) in [5, 5.41) is 5.21. The number of sulfonamides is 1. The summed E-state index contributed by atoms with van der Waals surface area (Å²) < 4.78 is 33.8. The smallest absolute Gasteiger partial charge is 0.384 e. The molecule has 170 valence electrons. The number of aromatic nitrogens is 1. The second-order valence-corrected chi connectivity index (χ2v) is 8.90. The number of methoxy groups -OCH3 is 1. The highest BCUT2D eigenvalue weighted by Gasteiger charge is 2.18. The van der Waals surface area contributed by atoms with E-state index in [2.05, 4.69) is 16.6 Å². The molecule has 0 aliphatic rings. The molecular formula is C26H20N2O5S. The highest BCUT2D eigenvalue weighted by atomic mass is 32.2. The molecule has 0 radical (unpaired) electrons. The molecule has 1 aromatic heterocycles. The molecule has 0 atom stereocenters. The molecule has 0 saturated carbocycles. The monoisotopic (exact) mass is 472 g/mol. The zero-order valence-electron chi connectivity index (χ0n) is 18.2. The molecule has 7 nitrogen and oxygen atoms in total. The molecule has 4 aromatic rings. The van der Waals surface area contributed by atoms with Crippen molar-refractivity contribution < 1.29 is 22.4 Å². The van der Waals surface area contributed by atoms with Crippen LogP contribution in [0, 0.1) is 11.8 Å². The summed E-state index contributed by atoms with van der Waals surface area (Å²) in [7, 11) is -2.51. The van der Waals surface area contributed by atoms with Gasteiger partial charge in [0.25, 0.3) is 0 Å². The highest BCUT2D eigenvalue weighted by molar-refractivity contribution is 7.89. The summed E-state index contributed by atoms with van der Waals surface area (Å²) in [6.07, 6.45) is 0.430. The Bertz CT molecular complexity index is 1480. The van der Waals surface area contributed by atoms with E-state index in [1.165, 1.54) is 19.2 Å². The normalized spacial score (nSPS) is 10.9. The largest absolute Gasteiger partial charge is 0.459 e. The predicted molar refractivity (Wildman–Crippen MR) is 127 cm³/mol. The number of benzene rings is 3. The van der Waals surface area contributed by atoms with Gasteiger partial charge in [-0.2, -0.15) is 0 Å². The lowest BCUT2D eigenvalue weighted by atomic mass is 10.1. The van der Waals surface area contributed by atoms with Crippen LogP contribution in [0.4, 0.5) is 0 Å². The molecule has 34 heavy (non-hydrogen) atoms. The van der Waals surface area contributed by atoms with Gasteiger partial charge in [0, 0.05) is 29.0 Å². The first-order valence-electron chi connectivity index (χ1n) is 10.2. The van der Waals surface area contributed by atoms with Crippen LogP contribution >= 0.6 is 0 Å². The number of nitrogens with two attached hydrogens (primary N) is 1. The van der Waals surface area contributed by atoms with Crippen LogP contribution in [0.2, 0.25) is 0 Å². The summed E-state index contributed by atoms with van der Waals surface area (Å²) >= 11 is 0. The van der Waals surface area contributed by atoms with Gasteiger partial charge in [0.2, 0.25) is 10.0 Å². The summed E-state index contributed by atoms with van der Waals surface area (Å²) in [4.78, 5) is 15.9. The number of carbonyl (C=O) groups excluding carboxylic acids is 1. The predicted octanol–water partition coefficient (Wildman–Crippen LogP) is 3.77. The first-order chi connectivity index (χ1) is 16.3. The Morgan fingerprint density at radius 1 is 0.971 bits per heavy atom. The van der Waals surface area contributed by atoms with Gasteiger partial charge in [-0.3, -0.25) is 0 Å². The van der Waals surface area contributed by atoms with Crippen LogP contribution in [0.1, 0.15) is 17.0 Å². The maximum atomic E-state index is 11.6. The number of ether oxygens (including phenoxy) is 1. The zero-order valence-corrected chi connectivity index (χ0v) is 19.0. The molecule has 0 fully saturated rings. The van der Waals surface area contributed by atoms with Crippen molar-refractivity contribution in [2.45, 2.75) is 11.3 Å². The number of rotatable bonds is 5. The van der Waals surface area contributed by atoms with Crippen LogP contribution in [0.25, 0.3) is 22.6 Å². The lowest BCUT2D eigenvalue weighted by Gasteiger charge is -2.03. The summed E-state index contributed by atoms with van der Waals surface area (Å²) in [5.74, 6) is 5.57. The number of hydrogen-bond acceptors (Lipinski definition) is 6. The van der Waals surface area contributed by atoms with E-state index in [1.807, 2.05) is 42.5 Å². The van der Waals surface area contributed by atoms with E-state index in [1.54, 1.807) is 24.3 Å². The third-order valence-corrected chi connectivity index (χ3v) is 5.90. The Labute approximate surface area is 197 Å². The van der Waals surface area contributed by atoms with Gasteiger partial charge >= 0.3 is 5.97 Å². The fraction of sp³-hybridized carbons (Fsp3) is 0.0769. The quantitative estimate of drug-likeness (QED) is 0.350. The first-order valence-corrected chi connectivity index (χ1v) is 11.8. The zero-order chi connectivity index (χ0) is 24.1. The van der Waals surface area contributed by atoms with Gasteiger partial charge in [-0.1, -0.05) is 48.4 Å². The van der Waals surface area contributed by atoms with E-state index >= 15 is 0 Å². The molecule has 3 aromatic carbocycles. The number of nitrogens with zero attached hydrogens (tertiary/aromatic N) is 1. The van der Waals surface area contributed by atoms with Crippen molar-refractivity contribution in [3.05, 3.63) is 95.9 Å². The Balaban J connectivity index is 1.66. The summed E-state index contributed by atoms with van der Waals surface area (Å²) in [6, 6.07) is 23.1. The molecule has 8 heteroatoms. The Kier molecular flexibility index (Phi) is 6.59. The van der Waals surface area contributed by atoms with Crippen molar-refractivity contribution in [2.75, 3.05) is 7.11 Å². The molecule has 4 rings (SSSR count). The Hall–Kier alpha value is -4.19. The van der Waals surface area contributed by atoms with E-state index in [0.717, 1.165) is 11.1 Å². The molecule has 0 amide bonds. The molecule has 2 N–H and O–H groups in total. The molecule has 0 aliphatic carbocycles. The van der Waals surface area contributed by atoms with Crippen molar-refractivity contribution in [1.29, 1.82) is 0 Å². The lowest BCUT2D eigenvalue weighted by molar-refractivity contribution is -0.133. The third kappa shape index (κ3) is 5.41. The van der Waals surface area contributed by atoms with Crippen LogP contribution in [0.3, 0.4) is 0 Å². The van der Waals surface area contributed by atoms with Crippen molar-refractivity contribution in [2.24, 2.45) is 5.14 Å². The molecule has 0 unspecified atom stereocenters. The number of hydrogen-bond donors (Lipinski definition) is 1. The number of primary sulfonamides is 1. The molecule has 0 aliphatic heterocycles. The van der Waals surface area contributed by atoms with Gasteiger partial charge in [-0.05, 0) is 42.0 Å². The van der Waals surface area contributed by atoms with Gasteiger partial charge in [-0.25, -0.2) is 23.3 Å². The van der Waals surface area contributed by atoms with E-state index < -0.39 is 16.0 Å². The second-order valence-electron chi connectivity index (χ2n) is 7.34. The number of esters is 1. The fourth-order valence-corrected chi connectivity index (χ4v) is 3.79. The van der Waals surface area contributed by atoms with Crippen LogP contribution in [-0.2, 0) is 26.0 Å². The highest BCUT2D eigenvalue weighted by Crippen LogP contribution is 2.33. The van der Waals surface area contributed by atoms with Gasteiger partial charge in [0.1, 0.15) is 5.69 Å². The third-order valence-electron chi connectivity index (χ3n) is 4.97. The Morgan fingerprint density at radius 2 is 1.65 bits per heavy atom. The minimum Gasteiger partial charge on any atom is -0.459 e. The van der Waals surface area contributed by atoms with Crippen molar-refractivity contribution in [3.63, 3.8) is 0 Å². The van der Waals surface area contributed by atoms with E-state index in [9.17, 15) is 13.2 Å². The van der Waals surface area contributed by atoms with Crippen molar-refractivity contribution in [1.82, 2.24) is 4.98 Å². The first kappa shape index (κ1) is 23.0. The maximum Gasteiger partial charge on any atom is 0.384 e. The maximum absolute atomic E-state index is 11.6. The van der Waals surface area contributed by atoms with Crippen LogP contribution < -0.4 is 5.14 Å². The molecule has 0 saturated heterocycles.